The zero-order valence-corrected chi connectivity index (χ0v) is 14.9. The Morgan fingerprint density at radius 2 is 2.12 bits per heavy atom. The highest BCUT2D eigenvalue weighted by atomic mass is 16.6. The van der Waals surface area contributed by atoms with Crippen LogP contribution in [0.3, 0.4) is 0 Å². The molecular weight excluding hydrogens is 336 g/mol. The Kier molecular flexibility index (Phi) is 5.15. The van der Waals surface area contributed by atoms with Crippen LogP contribution in [0.2, 0.25) is 0 Å². The van der Waals surface area contributed by atoms with Gasteiger partial charge in [-0.05, 0) is 31.7 Å². The van der Waals surface area contributed by atoms with Gasteiger partial charge < -0.3 is 10.2 Å². The first-order valence-corrected chi connectivity index (χ1v) is 8.57. The van der Waals surface area contributed by atoms with Gasteiger partial charge in [-0.1, -0.05) is 0 Å². The summed E-state index contributed by atoms with van der Waals surface area (Å²) in [5.74, 6) is 1.07. The van der Waals surface area contributed by atoms with E-state index in [9.17, 15) is 14.9 Å². The van der Waals surface area contributed by atoms with Gasteiger partial charge in [-0.15, -0.1) is 0 Å². The van der Waals surface area contributed by atoms with Crippen molar-refractivity contribution in [2.75, 3.05) is 24.5 Å². The van der Waals surface area contributed by atoms with Crippen molar-refractivity contribution < 1.29 is 9.72 Å². The molecule has 9 heteroatoms. The standard InChI is InChI=1S/C17H22N6O3/c1-12-7-16(18-10-15(12)23(25)26)22-5-3-13(4-6-22)8-19-17(24)14-9-20-21(2)11-14/h7,9-11,13H,3-6,8H2,1-2H3,(H,19,24). The second kappa shape index (κ2) is 7.51. The summed E-state index contributed by atoms with van der Waals surface area (Å²) in [5.41, 5.74) is 1.23. The predicted octanol–water partition coefficient (Wildman–Crippen LogP) is 1.68. The molecule has 0 atom stereocenters. The molecule has 0 aromatic carbocycles. The normalized spacial score (nSPS) is 15.1. The summed E-state index contributed by atoms with van der Waals surface area (Å²) >= 11 is 0. The number of aryl methyl sites for hydroxylation is 2. The van der Waals surface area contributed by atoms with Gasteiger partial charge in [0.2, 0.25) is 0 Å². The lowest BCUT2D eigenvalue weighted by atomic mass is 9.96. The minimum Gasteiger partial charge on any atom is -0.357 e. The van der Waals surface area contributed by atoms with E-state index in [2.05, 4.69) is 20.3 Å². The number of hydrogen-bond donors (Lipinski definition) is 1. The number of amides is 1. The lowest BCUT2D eigenvalue weighted by Gasteiger charge is -2.32. The zero-order valence-electron chi connectivity index (χ0n) is 14.9. The number of rotatable bonds is 5. The largest absolute Gasteiger partial charge is 0.357 e. The highest BCUT2D eigenvalue weighted by Gasteiger charge is 2.22. The number of pyridine rings is 1. The molecule has 2 aromatic rings. The lowest BCUT2D eigenvalue weighted by molar-refractivity contribution is -0.385. The number of nitro groups is 1. The summed E-state index contributed by atoms with van der Waals surface area (Å²) in [6.07, 6.45) is 6.45. The van der Waals surface area contributed by atoms with Crippen LogP contribution in [0.5, 0.6) is 0 Å². The van der Waals surface area contributed by atoms with Gasteiger partial charge in [-0.2, -0.15) is 5.10 Å². The number of nitrogens with zero attached hydrogens (tertiary/aromatic N) is 5. The molecule has 1 aliphatic rings. The monoisotopic (exact) mass is 358 g/mol. The predicted molar refractivity (Wildman–Crippen MR) is 96.1 cm³/mol. The van der Waals surface area contributed by atoms with Crippen molar-refractivity contribution >= 4 is 17.4 Å². The second-order valence-corrected chi connectivity index (χ2v) is 6.63. The Bertz CT molecular complexity index is 811. The first-order chi connectivity index (χ1) is 12.4. The molecule has 0 spiro atoms. The molecule has 1 amide bonds. The molecule has 138 valence electrons. The fourth-order valence-electron chi connectivity index (χ4n) is 3.14. The Hall–Kier alpha value is -2.97. The van der Waals surface area contributed by atoms with Gasteiger partial charge in [0, 0.05) is 38.4 Å². The first-order valence-electron chi connectivity index (χ1n) is 8.57. The van der Waals surface area contributed by atoms with Crippen molar-refractivity contribution in [3.63, 3.8) is 0 Å². The smallest absolute Gasteiger partial charge is 0.290 e. The van der Waals surface area contributed by atoms with E-state index in [1.54, 1.807) is 37.1 Å². The molecule has 1 aliphatic heterocycles. The maximum atomic E-state index is 12.1. The number of nitrogens with one attached hydrogen (secondary N) is 1. The maximum Gasteiger partial charge on any atom is 0.290 e. The number of carbonyl (C=O) groups excluding carboxylic acids is 1. The quantitative estimate of drug-likeness (QED) is 0.644. The van der Waals surface area contributed by atoms with Crippen LogP contribution in [0.25, 0.3) is 0 Å². The SMILES string of the molecule is Cc1cc(N2CCC(CNC(=O)c3cnn(C)c3)CC2)ncc1[N+](=O)[O-]. The van der Waals surface area contributed by atoms with Crippen LogP contribution in [0.4, 0.5) is 11.5 Å². The van der Waals surface area contributed by atoms with Crippen molar-refractivity contribution in [3.8, 4) is 0 Å². The molecule has 1 saturated heterocycles. The van der Waals surface area contributed by atoms with Gasteiger partial charge in [0.15, 0.2) is 0 Å². The van der Waals surface area contributed by atoms with Crippen molar-refractivity contribution in [2.45, 2.75) is 19.8 Å². The van der Waals surface area contributed by atoms with Crippen molar-refractivity contribution in [1.82, 2.24) is 20.1 Å². The van der Waals surface area contributed by atoms with E-state index in [-0.39, 0.29) is 11.6 Å². The van der Waals surface area contributed by atoms with Crippen LogP contribution < -0.4 is 10.2 Å². The van der Waals surface area contributed by atoms with Gasteiger partial charge in [0.25, 0.3) is 11.6 Å². The topological polar surface area (TPSA) is 106 Å². The molecule has 0 radical (unpaired) electrons. The average molecular weight is 358 g/mol. The van der Waals surface area contributed by atoms with E-state index >= 15 is 0 Å². The summed E-state index contributed by atoms with van der Waals surface area (Å²) in [4.78, 5) is 28.9. The number of aromatic nitrogens is 3. The van der Waals surface area contributed by atoms with E-state index in [0.717, 1.165) is 31.7 Å². The Balaban J connectivity index is 1.50. The summed E-state index contributed by atoms with van der Waals surface area (Å²) in [7, 11) is 1.78. The average Bonchev–Trinajstić information content (AvgIpc) is 3.06. The third kappa shape index (κ3) is 3.98. The number of hydrogen-bond acceptors (Lipinski definition) is 6. The molecule has 3 heterocycles. The fourth-order valence-corrected chi connectivity index (χ4v) is 3.14. The van der Waals surface area contributed by atoms with Crippen LogP contribution in [-0.2, 0) is 7.05 Å². The van der Waals surface area contributed by atoms with Crippen molar-refractivity contribution in [2.24, 2.45) is 13.0 Å². The van der Waals surface area contributed by atoms with Gasteiger partial charge >= 0.3 is 0 Å². The highest BCUT2D eigenvalue weighted by molar-refractivity contribution is 5.93. The molecule has 0 unspecified atom stereocenters. The van der Waals surface area contributed by atoms with Gasteiger partial charge in [0.05, 0.1) is 16.7 Å². The van der Waals surface area contributed by atoms with E-state index in [1.165, 1.54) is 6.20 Å². The molecule has 1 fully saturated rings. The number of anilines is 1. The molecule has 3 rings (SSSR count). The molecule has 2 aromatic heterocycles. The van der Waals surface area contributed by atoms with E-state index in [0.29, 0.717) is 23.6 Å². The number of piperidine rings is 1. The number of carbonyl (C=O) groups is 1. The summed E-state index contributed by atoms with van der Waals surface area (Å²) in [6.45, 7) is 3.99. The van der Waals surface area contributed by atoms with Gasteiger partial charge in [-0.3, -0.25) is 19.6 Å². The summed E-state index contributed by atoms with van der Waals surface area (Å²) < 4.78 is 1.60. The molecule has 0 saturated carbocycles. The highest BCUT2D eigenvalue weighted by Crippen LogP contribution is 2.25. The van der Waals surface area contributed by atoms with Crippen LogP contribution in [0, 0.1) is 23.0 Å². The van der Waals surface area contributed by atoms with Crippen molar-refractivity contribution in [1.29, 1.82) is 0 Å². The van der Waals surface area contributed by atoms with Crippen LogP contribution >= 0.6 is 0 Å². The Labute approximate surface area is 151 Å². The molecular formula is C17H22N6O3. The minimum atomic E-state index is -0.413. The van der Waals surface area contributed by atoms with E-state index < -0.39 is 4.92 Å². The maximum absolute atomic E-state index is 12.1. The fraction of sp³-hybridized carbons (Fsp3) is 0.471. The van der Waals surface area contributed by atoms with Gasteiger partial charge in [-0.25, -0.2) is 4.98 Å². The molecule has 9 nitrogen and oxygen atoms in total. The third-order valence-corrected chi connectivity index (χ3v) is 4.72. The van der Waals surface area contributed by atoms with Crippen molar-refractivity contribution in [3.05, 3.63) is 45.9 Å². The lowest BCUT2D eigenvalue weighted by Crippen LogP contribution is -2.39. The molecule has 0 bridgehead atoms. The summed E-state index contributed by atoms with van der Waals surface area (Å²) in [5, 5.41) is 17.9. The Morgan fingerprint density at radius 1 is 1.38 bits per heavy atom. The van der Waals surface area contributed by atoms with Gasteiger partial charge in [0.1, 0.15) is 12.0 Å². The molecule has 26 heavy (non-hydrogen) atoms. The summed E-state index contributed by atoms with van der Waals surface area (Å²) in [6, 6.07) is 1.77. The Morgan fingerprint density at radius 3 is 2.69 bits per heavy atom. The molecule has 0 aliphatic carbocycles. The first kappa shape index (κ1) is 17.8. The van der Waals surface area contributed by atoms with Crippen LogP contribution in [-0.4, -0.2) is 45.2 Å². The third-order valence-electron chi connectivity index (χ3n) is 4.72. The van der Waals surface area contributed by atoms with E-state index in [1.807, 2.05) is 0 Å². The zero-order chi connectivity index (χ0) is 18.7. The van der Waals surface area contributed by atoms with Crippen LogP contribution in [0.15, 0.2) is 24.7 Å². The van der Waals surface area contributed by atoms with Crippen LogP contribution in [0.1, 0.15) is 28.8 Å². The van der Waals surface area contributed by atoms with E-state index in [4.69, 9.17) is 0 Å². The minimum absolute atomic E-state index is 0.0433. The molecule has 1 N–H and O–H groups in total. The second-order valence-electron chi connectivity index (χ2n) is 6.63.